The first-order chi connectivity index (χ1) is 7.66. The lowest BCUT2D eigenvalue weighted by Crippen LogP contribution is -1.97. The molecule has 2 aromatic rings. The van der Waals surface area contributed by atoms with Crippen molar-refractivity contribution >= 4 is 39.4 Å². The number of thiazole rings is 1. The average Bonchev–Trinajstić information content (AvgIpc) is 2.70. The highest BCUT2D eigenvalue weighted by atomic mass is 35.5. The molecule has 0 amide bonds. The second kappa shape index (κ2) is 4.95. The monoisotopic (exact) mass is 272 g/mol. The van der Waals surface area contributed by atoms with Crippen molar-refractivity contribution in [2.75, 3.05) is 5.73 Å². The molecule has 0 spiro atoms. The predicted molar refractivity (Wildman–Crippen MR) is 68.1 cm³/mol. The van der Waals surface area contributed by atoms with Gasteiger partial charge in [0.1, 0.15) is 5.01 Å². The maximum Gasteiger partial charge on any atom is 0.105 e. The fourth-order valence-electron chi connectivity index (χ4n) is 1.22. The molecular formula is C10H9ClN2OS2. The summed E-state index contributed by atoms with van der Waals surface area (Å²) in [7, 11) is -1.17. The van der Waals surface area contributed by atoms with Crippen LogP contribution >= 0.6 is 22.9 Å². The number of halogens is 1. The molecule has 0 aliphatic carbocycles. The van der Waals surface area contributed by atoms with Crippen molar-refractivity contribution < 1.29 is 4.21 Å². The largest absolute Gasteiger partial charge is 0.399 e. The van der Waals surface area contributed by atoms with Crippen LogP contribution in [0.5, 0.6) is 0 Å². The molecule has 16 heavy (non-hydrogen) atoms. The lowest BCUT2D eigenvalue weighted by molar-refractivity contribution is 0.682. The Kier molecular flexibility index (Phi) is 3.58. The lowest BCUT2D eigenvalue weighted by Gasteiger charge is -2.03. The van der Waals surface area contributed by atoms with E-state index in [2.05, 4.69) is 4.98 Å². The Balaban J connectivity index is 2.21. The molecule has 6 heteroatoms. The van der Waals surface area contributed by atoms with E-state index >= 15 is 0 Å². The highest BCUT2D eigenvalue weighted by Crippen LogP contribution is 2.24. The molecule has 3 nitrogen and oxygen atoms in total. The van der Waals surface area contributed by atoms with E-state index in [1.807, 2.05) is 5.38 Å². The van der Waals surface area contributed by atoms with Gasteiger partial charge in [-0.2, -0.15) is 0 Å². The van der Waals surface area contributed by atoms with Crippen LogP contribution in [0, 0.1) is 0 Å². The summed E-state index contributed by atoms with van der Waals surface area (Å²) in [5.41, 5.74) is 6.14. The maximum absolute atomic E-state index is 12.0. The van der Waals surface area contributed by atoms with E-state index in [0.717, 1.165) is 5.01 Å². The molecule has 0 radical (unpaired) electrons. The minimum absolute atomic E-state index is 0.390. The Labute approximate surface area is 105 Å². The van der Waals surface area contributed by atoms with Gasteiger partial charge in [-0.3, -0.25) is 4.21 Å². The van der Waals surface area contributed by atoms with Crippen LogP contribution in [-0.4, -0.2) is 9.19 Å². The van der Waals surface area contributed by atoms with E-state index in [-0.39, 0.29) is 0 Å². The summed E-state index contributed by atoms with van der Waals surface area (Å²) in [6, 6.07) is 5.00. The van der Waals surface area contributed by atoms with Crippen molar-refractivity contribution in [2.24, 2.45) is 0 Å². The van der Waals surface area contributed by atoms with Crippen LogP contribution in [-0.2, 0) is 16.6 Å². The zero-order valence-corrected chi connectivity index (χ0v) is 10.6. The molecule has 1 heterocycles. The molecule has 2 rings (SSSR count). The molecule has 0 aliphatic heterocycles. The smallest absolute Gasteiger partial charge is 0.105 e. The normalized spacial score (nSPS) is 12.6. The number of nitrogen functional groups attached to an aromatic ring is 1. The summed E-state index contributed by atoms with van der Waals surface area (Å²) in [6.45, 7) is 0. The van der Waals surface area contributed by atoms with Gasteiger partial charge in [-0.05, 0) is 18.2 Å². The van der Waals surface area contributed by atoms with E-state index in [1.165, 1.54) is 11.3 Å². The van der Waals surface area contributed by atoms with Crippen molar-refractivity contribution in [1.82, 2.24) is 4.98 Å². The number of rotatable bonds is 3. The van der Waals surface area contributed by atoms with Crippen LogP contribution in [0.25, 0.3) is 0 Å². The minimum atomic E-state index is -1.17. The minimum Gasteiger partial charge on any atom is -0.399 e. The second-order valence-electron chi connectivity index (χ2n) is 3.11. The van der Waals surface area contributed by atoms with Gasteiger partial charge in [0.05, 0.1) is 26.5 Å². The van der Waals surface area contributed by atoms with Crippen LogP contribution in [0.2, 0.25) is 5.02 Å². The van der Waals surface area contributed by atoms with Gasteiger partial charge in [0.25, 0.3) is 0 Å². The molecular weight excluding hydrogens is 264 g/mol. The van der Waals surface area contributed by atoms with Crippen molar-refractivity contribution in [3.63, 3.8) is 0 Å². The predicted octanol–water partition coefficient (Wildman–Crippen LogP) is 2.69. The zero-order valence-electron chi connectivity index (χ0n) is 8.22. The van der Waals surface area contributed by atoms with Gasteiger partial charge in [-0.25, -0.2) is 4.98 Å². The van der Waals surface area contributed by atoms with Crippen LogP contribution in [0.15, 0.2) is 34.7 Å². The average molecular weight is 273 g/mol. The van der Waals surface area contributed by atoms with E-state index in [1.54, 1.807) is 24.4 Å². The van der Waals surface area contributed by atoms with Gasteiger partial charge in [-0.1, -0.05) is 11.6 Å². The topological polar surface area (TPSA) is 56.0 Å². The van der Waals surface area contributed by atoms with Gasteiger partial charge in [0.2, 0.25) is 0 Å². The third kappa shape index (κ3) is 2.61. The first kappa shape index (κ1) is 11.6. The van der Waals surface area contributed by atoms with E-state index < -0.39 is 10.8 Å². The highest BCUT2D eigenvalue weighted by Gasteiger charge is 2.10. The Bertz CT molecular complexity index is 514. The van der Waals surface area contributed by atoms with Gasteiger partial charge >= 0.3 is 0 Å². The molecule has 84 valence electrons. The quantitative estimate of drug-likeness (QED) is 0.874. The van der Waals surface area contributed by atoms with E-state index in [0.29, 0.717) is 21.4 Å². The Morgan fingerprint density at radius 3 is 2.94 bits per heavy atom. The third-order valence-corrected chi connectivity index (χ3v) is 4.71. The number of aromatic nitrogens is 1. The fraction of sp³-hybridized carbons (Fsp3) is 0.100. The molecule has 1 atom stereocenters. The number of hydrogen-bond donors (Lipinski definition) is 1. The van der Waals surface area contributed by atoms with Crippen molar-refractivity contribution in [3.05, 3.63) is 39.8 Å². The standard InChI is InChI=1S/C10H9ClN2OS2/c11-8-5-7(12)1-2-9(8)16(14)6-10-13-3-4-15-10/h1-5H,6,12H2. The Morgan fingerprint density at radius 2 is 2.31 bits per heavy atom. The maximum atomic E-state index is 12.0. The number of hydrogen-bond acceptors (Lipinski definition) is 4. The number of nitrogens with two attached hydrogens (primary N) is 1. The van der Waals surface area contributed by atoms with Crippen LogP contribution in [0.1, 0.15) is 5.01 Å². The first-order valence-electron chi connectivity index (χ1n) is 4.48. The van der Waals surface area contributed by atoms with Crippen molar-refractivity contribution in [1.29, 1.82) is 0 Å². The SMILES string of the molecule is Nc1ccc(S(=O)Cc2nccs2)c(Cl)c1. The zero-order chi connectivity index (χ0) is 11.5. The molecule has 2 N–H and O–H groups in total. The van der Waals surface area contributed by atoms with Crippen molar-refractivity contribution in [3.8, 4) is 0 Å². The molecule has 0 aliphatic rings. The Hall–Kier alpha value is -0.910. The summed E-state index contributed by atoms with van der Waals surface area (Å²) in [5, 5.41) is 3.14. The molecule has 0 fully saturated rings. The molecule has 1 aromatic heterocycles. The van der Waals surface area contributed by atoms with Gasteiger partial charge in [0, 0.05) is 17.3 Å². The summed E-state index contributed by atoms with van der Waals surface area (Å²) in [6.07, 6.45) is 1.70. The second-order valence-corrected chi connectivity index (χ2v) is 5.91. The molecule has 1 aromatic carbocycles. The van der Waals surface area contributed by atoms with Gasteiger partial charge in [-0.15, -0.1) is 11.3 Å². The van der Waals surface area contributed by atoms with Gasteiger partial charge in [0.15, 0.2) is 0 Å². The number of anilines is 1. The van der Waals surface area contributed by atoms with Crippen molar-refractivity contribution in [2.45, 2.75) is 10.6 Å². The van der Waals surface area contributed by atoms with Crippen LogP contribution in [0.3, 0.4) is 0 Å². The molecule has 1 unspecified atom stereocenters. The summed E-state index contributed by atoms with van der Waals surface area (Å²) in [5.74, 6) is 0.390. The molecule has 0 saturated carbocycles. The van der Waals surface area contributed by atoms with Crippen LogP contribution < -0.4 is 5.73 Å². The van der Waals surface area contributed by atoms with Crippen LogP contribution in [0.4, 0.5) is 5.69 Å². The molecule has 0 bridgehead atoms. The third-order valence-electron chi connectivity index (χ3n) is 1.94. The fourth-order valence-corrected chi connectivity index (χ4v) is 3.61. The lowest BCUT2D eigenvalue weighted by atomic mass is 10.3. The Morgan fingerprint density at radius 1 is 1.50 bits per heavy atom. The highest BCUT2D eigenvalue weighted by molar-refractivity contribution is 7.84. The van der Waals surface area contributed by atoms with Gasteiger partial charge < -0.3 is 5.73 Å². The molecule has 0 saturated heterocycles. The number of nitrogens with zero attached hydrogens (tertiary/aromatic N) is 1. The van der Waals surface area contributed by atoms with E-state index in [9.17, 15) is 4.21 Å². The number of benzene rings is 1. The summed E-state index contributed by atoms with van der Waals surface area (Å²) in [4.78, 5) is 4.69. The summed E-state index contributed by atoms with van der Waals surface area (Å²) >= 11 is 7.46. The summed E-state index contributed by atoms with van der Waals surface area (Å²) < 4.78 is 12.0. The van der Waals surface area contributed by atoms with E-state index in [4.69, 9.17) is 17.3 Å². The first-order valence-corrected chi connectivity index (χ1v) is 7.06.